The molecule has 0 radical (unpaired) electrons. The van der Waals surface area contributed by atoms with E-state index < -0.39 is 34.4 Å². The first-order valence-electron chi connectivity index (χ1n) is 5.90. The molecule has 3 amide bonds. The van der Waals surface area contributed by atoms with Crippen LogP contribution in [-0.2, 0) is 9.59 Å². The van der Waals surface area contributed by atoms with Crippen molar-refractivity contribution < 1.29 is 19.3 Å². The van der Waals surface area contributed by atoms with Gasteiger partial charge in [0.25, 0.3) is 11.6 Å². The van der Waals surface area contributed by atoms with Gasteiger partial charge in [-0.2, -0.15) is 0 Å². The molecule has 1 aromatic carbocycles. The number of nitrogens with one attached hydrogen (secondary N) is 1. The van der Waals surface area contributed by atoms with Crippen molar-refractivity contribution in [3.63, 3.8) is 0 Å². The van der Waals surface area contributed by atoms with Gasteiger partial charge in [-0.1, -0.05) is 11.6 Å². The first-order chi connectivity index (χ1) is 9.81. The van der Waals surface area contributed by atoms with Gasteiger partial charge in [0.05, 0.1) is 4.92 Å². The lowest BCUT2D eigenvalue weighted by Gasteiger charge is -2.31. The Kier molecular flexibility index (Phi) is 3.90. The number of piperazine rings is 1. The van der Waals surface area contributed by atoms with E-state index in [-0.39, 0.29) is 17.1 Å². The number of nitro groups is 1. The van der Waals surface area contributed by atoms with Crippen LogP contribution in [0.1, 0.15) is 17.3 Å². The van der Waals surface area contributed by atoms with Gasteiger partial charge in [0.1, 0.15) is 17.6 Å². The van der Waals surface area contributed by atoms with E-state index >= 15 is 0 Å². The van der Waals surface area contributed by atoms with Crippen LogP contribution in [0.4, 0.5) is 5.69 Å². The minimum Gasteiger partial charge on any atom is -0.318 e. The highest BCUT2D eigenvalue weighted by Gasteiger charge is 2.34. The SMILES string of the molecule is CC1C(=O)NC(=O)CN1C(=O)c1ccc(Cl)c([N+](=O)[O-])c1. The number of amides is 3. The summed E-state index contributed by atoms with van der Waals surface area (Å²) in [5.41, 5.74) is -0.427. The summed E-state index contributed by atoms with van der Waals surface area (Å²) >= 11 is 5.67. The number of rotatable bonds is 2. The van der Waals surface area contributed by atoms with Crippen LogP contribution in [0.3, 0.4) is 0 Å². The molecule has 0 saturated carbocycles. The van der Waals surface area contributed by atoms with Crippen LogP contribution in [0.25, 0.3) is 0 Å². The smallest absolute Gasteiger partial charge is 0.288 e. The third kappa shape index (κ3) is 2.84. The molecule has 1 heterocycles. The zero-order valence-corrected chi connectivity index (χ0v) is 11.6. The number of benzene rings is 1. The van der Waals surface area contributed by atoms with Crippen LogP contribution in [0.2, 0.25) is 5.02 Å². The zero-order valence-electron chi connectivity index (χ0n) is 10.8. The average Bonchev–Trinajstić information content (AvgIpc) is 2.42. The van der Waals surface area contributed by atoms with Crippen molar-refractivity contribution in [2.45, 2.75) is 13.0 Å². The van der Waals surface area contributed by atoms with Gasteiger partial charge in [-0.3, -0.25) is 29.8 Å². The molecule has 1 N–H and O–H groups in total. The predicted molar refractivity (Wildman–Crippen MR) is 71.8 cm³/mol. The van der Waals surface area contributed by atoms with Gasteiger partial charge in [0.2, 0.25) is 11.8 Å². The van der Waals surface area contributed by atoms with E-state index in [1.807, 2.05) is 0 Å². The largest absolute Gasteiger partial charge is 0.318 e. The molecule has 21 heavy (non-hydrogen) atoms. The predicted octanol–water partition coefficient (Wildman–Crippen LogP) is 0.735. The minimum absolute atomic E-state index is 0.0135. The van der Waals surface area contributed by atoms with Crippen molar-refractivity contribution in [1.29, 1.82) is 0 Å². The zero-order chi connectivity index (χ0) is 15.7. The van der Waals surface area contributed by atoms with E-state index in [9.17, 15) is 24.5 Å². The van der Waals surface area contributed by atoms with Crippen molar-refractivity contribution in [2.24, 2.45) is 0 Å². The molecular weight excluding hydrogens is 302 g/mol. The molecule has 1 fully saturated rings. The molecule has 0 spiro atoms. The van der Waals surface area contributed by atoms with Crippen LogP contribution < -0.4 is 5.32 Å². The summed E-state index contributed by atoms with van der Waals surface area (Å²) in [5.74, 6) is -1.84. The molecule has 2 rings (SSSR count). The molecule has 1 aromatic rings. The van der Waals surface area contributed by atoms with E-state index in [1.54, 1.807) is 0 Å². The fourth-order valence-corrected chi connectivity index (χ4v) is 2.10. The Balaban J connectivity index is 2.35. The molecule has 0 aliphatic carbocycles. The second kappa shape index (κ2) is 5.49. The Labute approximate surface area is 123 Å². The highest BCUT2D eigenvalue weighted by Crippen LogP contribution is 2.26. The Bertz CT molecular complexity index is 660. The summed E-state index contributed by atoms with van der Waals surface area (Å²) in [7, 11) is 0. The number of nitrogens with zero attached hydrogens (tertiary/aromatic N) is 2. The van der Waals surface area contributed by atoms with Gasteiger partial charge in [0.15, 0.2) is 0 Å². The second-order valence-corrected chi connectivity index (χ2v) is 4.85. The van der Waals surface area contributed by atoms with Crippen LogP contribution >= 0.6 is 11.6 Å². The highest BCUT2D eigenvalue weighted by atomic mass is 35.5. The van der Waals surface area contributed by atoms with Gasteiger partial charge in [-0.25, -0.2) is 0 Å². The average molecular weight is 312 g/mol. The standard InChI is InChI=1S/C12H10ClN3O5/c1-6-11(18)14-10(17)5-15(6)12(19)7-2-3-8(13)9(4-7)16(20)21/h2-4,6H,5H2,1H3,(H,14,17,18). The number of nitro benzene ring substituents is 1. The third-order valence-corrected chi connectivity index (χ3v) is 3.39. The Hall–Kier alpha value is -2.48. The first-order valence-corrected chi connectivity index (χ1v) is 6.27. The maximum Gasteiger partial charge on any atom is 0.288 e. The molecule has 0 bridgehead atoms. The van der Waals surface area contributed by atoms with Crippen LogP contribution in [0.5, 0.6) is 0 Å². The van der Waals surface area contributed by atoms with Crippen molar-refractivity contribution in [3.8, 4) is 0 Å². The summed E-state index contributed by atoms with van der Waals surface area (Å²) in [6.07, 6.45) is 0. The summed E-state index contributed by atoms with van der Waals surface area (Å²) in [6, 6.07) is 2.71. The Morgan fingerprint density at radius 2 is 2.14 bits per heavy atom. The Morgan fingerprint density at radius 3 is 2.76 bits per heavy atom. The maximum absolute atomic E-state index is 12.3. The van der Waals surface area contributed by atoms with Gasteiger partial charge in [0, 0.05) is 11.6 Å². The maximum atomic E-state index is 12.3. The van der Waals surface area contributed by atoms with Gasteiger partial charge >= 0.3 is 0 Å². The highest BCUT2D eigenvalue weighted by molar-refractivity contribution is 6.32. The second-order valence-electron chi connectivity index (χ2n) is 4.44. The molecular formula is C12H10ClN3O5. The van der Waals surface area contributed by atoms with Crippen molar-refractivity contribution in [3.05, 3.63) is 38.9 Å². The minimum atomic E-state index is -0.843. The van der Waals surface area contributed by atoms with E-state index in [4.69, 9.17) is 11.6 Å². The molecule has 1 atom stereocenters. The summed E-state index contributed by atoms with van der Waals surface area (Å²) in [5, 5.41) is 12.8. The summed E-state index contributed by atoms with van der Waals surface area (Å²) in [6.45, 7) is 1.17. The van der Waals surface area contributed by atoms with E-state index in [0.717, 1.165) is 11.0 Å². The molecule has 0 aromatic heterocycles. The number of hydrogen-bond acceptors (Lipinski definition) is 5. The van der Waals surface area contributed by atoms with Gasteiger partial charge in [-0.05, 0) is 19.1 Å². The van der Waals surface area contributed by atoms with Crippen molar-refractivity contribution >= 4 is 35.0 Å². The molecule has 110 valence electrons. The summed E-state index contributed by atoms with van der Waals surface area (Å²) in [4.78, 5) is 46.3. The van der Waals surface area contributed by atoms with Gasteiger partial charge < -0.3 is 4.90 Å². The first kappa shape index (κ1) is 14.9. The number of carbonyl (C=O) groups excluding carboxylic acids is 3. The van der Waals surface area contributed by atoms with Crippen LogP contribution in [0.15, 0.2) is 18.2 Å². The third-order valence-electron chi connectivity index (χ3n) is 3.07. The number of halogens is 1. The summed E-state index contributed by atoms with van der Waals surface area (Å²) < 4.78 is 0. The molecule has 1 aliphatic heterocycles. The number of carbonyl (C=O) groups is 3. The fraction of sp³-hybridized carbons (Fsp3) is 0.250. The van der Waals surface area contributed by atoms with E-state index in [0.29, 0.717) is 0 Å². The van der Waals surface area contributed by atoms with Crippen molar-refractivity contribution in [2.75, 3.05) is 6.54 Å². The van der Waals surface area contributed by atoms with Gasteiger partial charge in [-0.15, -0.1) is 0 Å². The monoisotopic (exact) mass is 311 g/mol. The molecule has 1 unspecified atom stereocenters. The Morgan fingerprint density at radius 1 is 1.48 bits per heavy atom. The topological polar surface area (TPSA) is 110 Å². The lowest BCUT2D eigenvalue weighted by Crippen LogP contribution is -2.58. The lowest BCUT2D eigenvalue weighted by molar-refractivity contribution is -0.384. The van der Waals surface area contributed by atoms with Crippen LogP contribution in [0, 0.1) is 10.1 Å². The fourth-order valence-electron chi connectivity index (χ4n) is 1.91. The molecule has 9 heteroatoms. The van der Waals surface area contributed by atoms with E-state index in [1.165, 1.54) is 19.1 Å². The molecule has 8 nitrogen and oxygen atoms in total. The number of hydrogen-bond donors (Lipinski definition) is 1. The molecule has 1 aliphatic rings. The van der Waals surface area contributed by atoms with E-state index in [2.05, 4.69) is 5.32 Å². The normalized spacial score (nSPS) is 18.4. The quantitative estimate of drug-likeness (QED) is 0.492. The van der Waals surface area contributed by atoms with Crippen molar-refractivity contribution in [1.82, 2.24) is 10.2 Å². The lowest BCUT2D eigenvalue weighted by atomic mass is 10.1. The molecule has 1 saturated heterocycles. The number of imide groups is 1. The van der Waals surface area contributed by atoms with Crippen LogP contribution in [-0.4, -0.2) is 40.1 Å².